The van der Waals surface area contributed by atoms with Gasteiger partial charge in [0.25, 0.3) is 0 Å². The highest BCUT2D eigenvalue weighted by Crippen LogP contribution is 2.25. The lowest BCUT2D eigenvalue weighted by Gasteiger charge is -2.11. The van der Waals surface area contributed by atoms with Gasteiger partial charge in [0.2, 0.25) is 0 Å². The van der Waals surface area contributed by atoms with E-state index in [4.69, 9.17) is 14.6 Å². The maximum absolute atomic E-state index is 11.0. The van der Waals surface area contributed by atoms with E-state index in [1.807, 2.05) is 18.2 Å². The molecular formula is C12H18N2O4. The number of benzene rings is 1. The van der Waals surface area contributed by atoms with E-state index in [0.29, 0.717) is 11.7 Å². The van der Waals surface area contributed by atoms with E-state index < -0.39 is 12.2 Å². The number of carboxylic acid groups (broad SMARTS) is 1. The van der Waals surface area contributed by atoms with Gasteiger partial charge in [0, 0.05) is 7.05 Å². The van der Waals surface area contributed by atoms with Crippen molar-refractivity contribution < 1.29 is 19.4 Å². The van der Waals surface area contributed by atoms with Crippen molar-refractivity contribution in [1.82, 2.24) is 5.32 Å². The molecule has 0 aliphatic heterocycles. The molecule has 0 aromatic heterocycles. The van der Waals surface area contributed by atoms with Gasteiger partial charge in [0.15, 0.2) is 0 Å². The third-order valence-electron chi connectivity index (χ3n) is 1.95. The molecule has 0 atom stereocenters. The number of nitrogens with one attached hydrogen (secondary N) is 1. The van der Waals surface area contributed by atoms with Gasteiger partial charge in [-0.25, -0.2) is 9.59 Å². The first kappa shape index (κ1) is 15.8. The van der Waals surface area contributed by atoms with Crippen LogP contribution in [0, 0.1) is 0 Å². The Morgan fingerprint density at radius 1 is 1.33 bits per heavy atom. The Morgan fingerprint density at radius 2 is 1.83 bits per heavy atom. The molecule has 2 amide bonds. The molecule has 4 N–H and O–H groups in total. The van der Waals surface area contributed by atoms with Crippen LogP contribution in [-0.2, 0) is 0 Å². The van der Waals surface area contributed by atoms with E-state index in [9.17, 15) is 4.79 Å². The third kappa shape index (κ3) is 6.37. The number of ether oxygens (including phenoxy) is 1. The summed E-state index contributed by atoms with van der Waals surface area (Å²) in [6.45, 7) is 4.12. The van der Waals surface area contributed by atoms with E-state index >= 15 is 0 Å². The van der Waals surface area contributed by atoms with Gasteiger partial charge in [0.05, 0.1) is 0 Å². The van der Waals surface area contributed by atoms with Crippen LogP contribution in [0.4, 0.5) is 9.59 Å². The van der Waals surface area contributed by atoms with E-state index in [-0.39, 0.29) is 0 Å². The number of para-hydroxylation sites is 1. The minimum Gasteiger partial charge on any atom is -0.465 e. The molecule has 100 valence electrons. The van der Waals surface area contributed by atoms with Crippen molar-refractivity contribution in [3.05, 3.63) is 29.8 Å². The number of hydrogen-bond acceptors (Lipinski definition) is 3. The van der Waals surface area contributed by atoms with Crippen LogP contribution < -0.4 is 15.8 Å². The molecule has 0 saturated heterocycles. The molecule has 0 fully saturated rings. The van der Waals surface area contributed by atoms with Gasteiger partial charge in [-0.3, -0.25) is 0 Å². The summed E-state index contributed by atoms with van der Waals surface area (Å²) in [5.74, 6) is 0.970. The van der Waals surface area contributed by atoms with Gasteiger partial charge in [-0.1, -0.05) is 32.0 Å². The summed E-state index contributed by atoms with van der Waals surface area (Å²) in [7, 11) is 1.54. The molecule has 0 bridgehead atoms. The smallest absolute Gasteiger partial charge is 0.412 e. The lowest BCUT2D eigenvalue weighted by atomic mass is 10.0. The summed E-state index contributed by atoms with van der Waals surface area (Å²) in [6.07, 6.45) is -1.77. The van der Waals surface area contributed by atoms with Crippen molar-refractivity contribution in [2.45, 2.75) is 19.8 Å². The molecule has 1 rings (SSSR count). The second kappa shape index (κ2) is 7.94. The van der Waals surface area contributed by atoms with Gasteiger partial charge >= 0.3 is 12.2 Å². The van der Waals surface area contributed by atoms with Crippen molar-refractivity contribution in [3.8, 4) is 5.75 Å². The maximum Gasteiger partial charge on any atom is 0.412 e. The number of primary amides is 1. The molecule has 0 spiro atoms. The third-order valence-corrected chi connectivity index (χ3v) is 1.95. The first-order chi connectivity index (χ1) is 8.38. The molecule has 0 radical (unpaired) electrons. The Morgan fingerprint density at radius 3 is 2.28 bits per heavy atom. The molecule has 1 aromatic rings. The second-order valence-corrected chi connectivity index (χ2v) is 3.67. The van der Waals surface area contributed by atoms with Gasteiger partial charge in [0.1, 0.15) is 5.75 Å². The minimum atomic E-state index is -1.33. The van der Waals surface area contributed by atoms with Crippen molar-refractivity contribution in [3.63, 3.8) is 0 Å². The zero-order valence-electron chi connectivity index (χ0n) is 10.6. The van der Waals surface area contributed by atoms with Crippen molar-refractivity contribution in [1.29, 1.82) is 0 Å². The quantitative estimate of drug-likeness (QED) is 0.752. The van der Waals surface area contributed by atoms with Crippen LogP contribution in [-0.4, -0.2) is 24.3 Å². The Kier molecular flexibility index (Phi) is 6.95. The first-order valence-corrected chi connectivity index (χ1v) is 5.35. The maximum atomic E-state index is 11.0. The van der Waals surface area contributed by atoms with Gasteiger partial charge < -0.3 is 20.9 Å². The normalized spacial score (nSPS) is 9.11. The molecule has 0 unspecified atom stereocenters. The fraction of sp³-hybridized carbons (Fsp3) is 0.333. The van der Waals surface area contributed by atoms with Crippen LogP contribution in [0.2, 0.25) is 0 Å². The van der Waals surface area contributed by atoms with E-state index in [2.05, 4.69) is 24.9 Å². The standard InChI is InChI=1S/C11H15NO2.CH3NO2/c1-8(2)9-6-4-5-7-10(9)14-11(13)12-3;2-1(3)4/h4-8H,1-3H3,(H,12,13);2H2,(H,3,4). The highest BCUT2D eigenvalue weighted by Gasteiger charge is 2.09. The number of nitrogens with two attached hydrogens (primary N) is 1. The number of carbonyl (C=O) groups is 2. The molecule has 6 nitrogen and oxygen atoms in total. The lowest BCUT2D eigenvalue weighted by Crippen LogP contribution is -2.22. The highest BCUT2D eigenvalue weighted by atomic mass is 16.6. The molecule has 0 aliphatic carbocycles. The van der Waals surface area contributed by atoms with Gasteiger partial charge in [-0.05, 0) is 17.5 Å². The van der Waals surface area contributed by atoms with Gasteiger partial charge in [-0.15, -0.1) is 0 Å². The average molecular weight is 254 g/mol. The number of carbonyl (C=O) groups excluding carboxylic acids is 1. The van der Waals surface area contributed by atoms with E-state index in [0.717, 1.165) is 5.56 Å². The zero-order valence-corrected chi connectivity index (χ0v) is 10.6. The highest BCUT2D eigenvalue weighted by molar-refractivity contribution is 5.70. The van der Waals surface area contributed by atoms with Crippen LogP contribution in [0.5, 0.6) is 5.75 Å². The van der Waals surface area contributed by atoms with Crippen LogP contribution in [0.1, 0.15) is 25.3 Å². The summed E-state index contributed by atoms with van der Waals surface area (Å²) in [6, 6.07) is 7.55. The van der Waals surface area contributed by atoms with Gasteiger partial charge in [-0.2, -0.15) is 0 Å². The lowest BCUT2D eigenvalue weighted by molar-refractivity contribution is 0.202. The Bertz CT molecular complexity index is 401. The summed E-state index contributed by atoms with van der Waals surface area (Å²) < 4.78 is 5.11. The first-order valence-electron chi connectivity index (χ1n) is 5.35. The molecule has 0 saturated carbocycles. The number of amides is 2. The molecule has 6 heteroatoms. The fourth-order valence-corrected chi connectivity index (χ4v) is 1.20. The molecule has 0 heterocycles. The van der Waals surface area contributed by atoms with Crippen LogP contribution in [0.25, 0.3) is 0 Å². The largest absolute Gasteiger partial charge is 0.465 e. The Balaban J connectivity index is 0.000000631. The zero-order chi connectivity index (χ0) is 14.1. The number of hydrogen-bond donors (Lipinski definition) is 3. The molecule has 1 aromatic carbocycles. The topological polar surface area (TPSA) is 102 Å². The molecular weight excluding hydrogens is 236 g/mol. The van der Waals surface area contributed by atoms with Crippen LogP contribution >= 0.6 is 0 Å². The SMILES string of the molecule is CNC(=O)Oc1ccccc1C(C)C.NC(=O)O. The molecule has 18 heavy (non-hydrogen) atoms. The average Bonchev–Trinajstić information content (AvgIpc) is 2.28. The monoisotopic (exact) mass is 254 g/mol. The predicted molar refractivity (Wildman–Crippen MR) is 67.8 cm³/mol. The minimum absolute atomic E-state index is 0.343. The van der Waals surface area contributed by atoms with Crippen LogP contribution in [0.15, 0.2) is 24.3 Å². The van der Waals surface area contributed by atoms with E-state index in [1.54, 1.807) is 13.1 Å². The molecule has 0 aliphatic rings. The fourth-order valence-electron chi connectivity index (χ4n) is 1.20. The van der Waals surface area contributed by atoms with E-state index in [1.165, 1.54) is 0 Å². The number of rotatable bonds is 2. The predicted octanol–water partition coefficient (Wildman–Crippen LogP) is 2.15. The van der Waals surface area contributed by atoms with Crippen molar-refractivity contribution in [2.75, 3.05) is 7.05 Å². The second-order valence-electron chi connectivity index (χ2n) is 3.67. The van der Waals surface area contributed by atoms with Crippen molar-refractivity contribution in [2.24, 2.45) is 5.73 Å². The Hall–Kier alpha value is -2.24. The van der Waals surface area contributed by atoms with Crippen LogP contribution in [0.3, 0.4) is 0 Å². The summed E-state index contributed by atoms with van der Waals surface area (Å²) >= 11 is 0. The summed E-state index contributed by atoms with van der Waals surface area (Å²) in [5.41, 5.74) is 5.07. The summed E-state index contributed by atoms with van der Waals surface area (Å²) in [4.78, 5) is 19.8. The Labute approximate surface area is 106 Å². The summed E-state index contributed by atoms with van der Waals surface area (Å²) in [5, 5.41) is 9.61. The van der Waals surface area contributed by atoms with Crippen molar-refractivity contribution >= 4 is 12.2 Å².